The lowest BCUT2D eigenvalue weighted by Crippen LogP contribution is -2.56. The summed E-state index contributed by atoms with van der Waals surface area (Å²) in [6.07, 6.45) is 5.44. The molecular formula is C59H93N9O14S2. The number of carbonyl (C=O) groups excluding carboxylic acids is 6. The van der Waals surface area contributed by atoms with E-state index in [0.717, 1.165) is 50.3 Å². The van der Waals surface area contributed by atoms with Crippen LogP contribution in [-0.2, 0) is 56.0 Å². The summed E-state index contributed by atoms with van der Waals surface area (Å²) in [5.74, 6) is -7.30. The second-order valence-electron chi connectivity index (χ2n) is 22.4. The van der Waals surface area contributed by atoms with Crippen molar-refractivity contribution in [3.8, 4) is 0 Å². The molecule has 0 saturated carbocycles. The van der Waals surface area contributed by atoms with Crippen LogP contribution in [0, 0.1) is 0 Å². The Morgan fingerprint density at radius 1 is 0.452 bits per heavy atom. The van der Waals surface area contributed by atoms with E-state index in [4.69, 9.17) is 17.7 Å². The molecule has 84 heavy (non-hydrogen) atoms. The van der Waals surface area contributed by atoms with Gasteiger partial charge in [-0.1, -0.05) is 73.5 Å². The van der Waals surface area contributed by atoms with Gasteiger partial charge in [-0.05, 0) is 116 Å². The summed E-state index contributed by atoms with van der Waals surface area (Å²) in [6, 6.07) is 10.8. The van der Waals surface area contributed by atoms with Gasteiger partial charge < -0.3 is 67.9 Å². The number of hydrogen-bond donors (Lipinski definition) is 14. The average Bonchev–Trinajstić information content (AvgIpc) is 3.63. The van der Waals surface area contributed by atoms with Gasteiger partial charge in [0.1, 0.15) is 30.2 Å². The lowest BCUT2D eigenvalue weighted by atomic mass is 10.0. The number of carboxylic acids is 4. The van der Waals surface area contributed by atoms with Crippen LogP contribution in [0.5, 0.6) is 0 Å². The van der Waals surface area contributed by atoms with E-state index < -0.39 is 78.4 Å². The van der Waals surface area contributed by atoms with E-state index in [0.29, 0.717) is 57.8 Å². The topological polar surface area (TPSA) is 351 Å². The van der Waals surface area contributed by atoms with E-state index >= 15 is 0 Å². The minimum atomic E-state index is -1.52. The fourth-order valence-electron chi connectivity index (χ4n) is 8.90. The van der Waals surface area contributed by atoms with Crippen LogP contribution in [0.15, 0.2) is 60.7 Å². The molecule has 0 fully saturated rings. The number of rotatable bonds is 46. The fraction of sp³-hybridized carbons (Fsp3) is 0.627. The highest BCUT2D eigenvalue weighted by molar-refractivity contribution is 7.82. The summed E-state index contributed by atoms with van der Waals surface area (Å²) < 4.78 is -0.358. The van der Waals surface area contributed by atoms with Gasteiger partial charge in [0.25, 0.3) is 0 Å². The first-order valence-electron chi connectivity index (χ1n) is 29.1. The first kappa shape index (κ1) is 73.7. The maximum atomic E-state index is 14.2. The Labute approximate surface area is 505 Å². The van der Waals surface area contributed by atoms with E-state index in [9.17, 15) is 63.3 Å². The normalized spacial score (nSPS) is 13.3. The van der Waals surface area contributed by atoms with Crippen molar-refractivity contribution in [2.75, 3.05) is 45.8 Å². The number of benzene rings is 2. The number of aliphatic carboxylic acids is 4. The highest BCUT2D eigenvalue weighted by atomic mass is 32.1. The number of amides is 7. The zero-order chi connectivity index (χ0) is 62.5. The molecule has 2 aromatic rings. The van der Waals surface area contributed by atoms with E-state index in [1.165, 1.54) is 0 Å². The predicted molar refractivity (Wildman–Crippen MR) is 326 cm³/mol. The molecule has 0 spiro atoms. The van der Waals surface area contributed by atoms with Gasteiger partial charge in [0.2, 0.25) is 29.5 Å². The molecular weight excluding hydrogens is 1120 g/mol. The highest BCUT2D eigenvalue weighted by Crippen LogP contribution is 2.16. The molecule has 0 aliphatic carbocycles. The third-order valence-electron chi connectivity index (χ3n) is 13.3. The molecule has 25 heteroatoms. The zero-order valence-corrected chi connectivity index (χ0v) is 51.0. The monoisotopic (exact) mass is 1220 g/mol. The Kier molecular flexibility index (Phi) is 35.7. The Morgan fingerprint density at radius 2 is 0.881 bits per heavy atom. The molecule has 0 aromatic heterocycles. The molecule has 0 aliphatic rings. The number of hydrogen-bond acceptors (Lipinski definition) is 14. The molecule has 5 atom stereocenters. The van der Waals surface area contributed by atoms with Crippen molar-refractivity contribution in [1.82, 2.24) is 47.4 Å². The molecule has 2 aromatic carbocycles. The molecule has 0 saturated heterocycles. The molecule has 0 unspecified atom stereocenters. The smallest absolute Gasteiger partial charge is 0.326 e. The van der Waals surface area contributed by atoms with Gasteiger partial charge in [-0.25, -0.2) is 19.2 Å². The quantitative estimate of drug-likeness (QED) is 0.0321. The lowest BCUT2D eigenvalue weighted by molar-refractivity contribution is -0.143. The van der Waals surface area contributed by atoms with Crippen molar-refractivity contribution >= 4 is 84.7 Å². The summed E-state index contributed by atoms with van der Waals surface area (Å²) in [7, 11) is 0. The van der Waals surface area contributed by atoms with Crippen LogP contribution in [0.3, 0.4) is 0 Å². The average molecular weight is 1220 g/mol. The zero-order valence-electron chi connectivity index (χ0n) is 49.3. The van der Waals surface area contributed by atoms with Crippen LogP contribution < -0.4 is 42.5 Å². The van der Waals surface area contributed by atoms with Crippen LogP contribution in [0.1, 0.15) is 148 Å². The third-order valence-corrected chi connectivity index (χ3v) is 13.6. The number of urea groups is 1. The van der Waals surface area contributed by atoms with E-state index in [2.05, 4.69) is 87.8 Å². The first-order chi connectivity index (χ1) is 39.7. The van der Waals surface area contributed by atoms with Crippen molar-refractivity contribution in [3.05, 3.63) is 71.8 Å². The van der Waals surface area contributed by atoms with E-state index in [-0.39, 0.29) is 91.7 Å². The summed E-state index contributed by atoms with van der Waals surface area (Å²) in [5, 5.41) is 59.3. The number of nitrogens with zero attached hydrogens (tertiary/aromatic N) is 1. The number of carbonyl (C=O) groups is 10. The molecule has 23 nitrogen and oxygen atoms in total. The summed E-state index contributed by atoms with van der Waals surface area (Å²) >= 11 is 9.35. The minimum Gasteiger partial charge on any atom is -0.481 e. The number of unbranched alkanes of at least 4 members (excludes halogenated alkanes) is 6. The van der Waals surface area contributed by atoms with Gasteiger partial charge in [0, 0.05) is 87.3 Å². The van der Waals surface area contributed by atoms with Gasteiger partial charge in [-0.15, -0.1) is 0 Å². The summed E-state index contributed by atoms with van der Waals surface area (Å²) in [5.41, 5.74) is 1.51. The molecule has 7 amide bonds. The Balaban J connectivity index is 1.82. The van der Waals surface area contributed by atoms with E-state index in [1.807, 2.05) is 36.4 Å². The molecule has 0 aliphatic heterocycles. The van der Waals surface area contributed by atoms with Crippen LogP contribution in [0.4, 0.5) is 4.79 Å². The highest BCUT2D eigenvalue weighted by Gasteiger charge is 2.31. The van der Waals surface area contributed by atoms with Gasteiger partial charge in [0.15, 0.2) is 0 Å². The summed E-state index contributed by atoms with van der Waals surface area (Å²) in [6.45, 7) is 12.6. The van der Waals surface area contributed by atoms with Gasteiger partial charge in [-0.3, -0.25) is 28.8 Å². The van der Waals surface area contributed by atoms with Crippen molar-refractivity contribution in [3.63, 3.8) is 0 Å². The van der Waals surface area contributed by atoms with Gasteiger partial charge >= 0.3 is 29.9 Å². The minimum absolute atomic E-state index is 0.000236. The second kappa shape index (κ2) is 40.8. The molecule has 2 rings (SSSR count). The standard InChI is InChI=1S/C59H93N9O14S2/c1-58(2,83)39-60-34-36-68(40-59(3,4)84)35-20-17-29-50(71)63-46(37-41-21-9-7-10-22-41)52(74)65-47(38-42-23-11-8-12-24-42)53(75)64-43(54(76)77)25-15-18-32-61-48(69)27-13-5-6-14-28-49(70)62-33-19-16-26-44(55(78)79)66-57(82)67-45(56(80)81)30-31-51(72)73/h7-12,21-24,43-47,60,83-84H,5-6,13-20,25-40H2,1-4H3,(H,61,69)(H,62,70)(H,63,71)(H,64,75)(H,65,74)(H,72,73)(H,76,77)(H,78,79)(H,80,81)(H2,66,67,82)/t43-,44+,45+,46+,47+/m1/s1. The third kappa shape index (κ3) is 36.3. The molecule has 0 heterocycles. The first-order valence-corrected chi connectivity index (χ1v) is 30.0. The number of nitrogens with one attached hydrogen (secondary N) is 8. The van der Waals surface area contributed by atoms with Crippen molar-refractivity contribution < 1.29 is 68.4 Å². The van der Waals surface area contributed by atoms with Gasteiger partial charge in [-0.2, -0.15) is 25.3 Å². The van der Waals surface area contributed by atoms with Gasteiger partial charge in [0.05, 0.1) is 0 Å². The fourth-order valence-corrected chi connectivity index (χ4v) is 9.21. The molecule has 12 N–H and O–H groups in total. The molecule has 0 bridgehead atoms. The van der Waals surface area contributed by atoms with E-state index in [1.54, 1.807) is 24.3 Å². The SMILES string of the molecule is CC(C)(S)CNCCN(CCCCC(=O)N[C@@H](Cc1ccccc1)C(=O)N[C@@H](Cc1ccccc1)C(=O)N[C@H](CCCCNC(=O)CCCCCCC(=O)NCCCC[C@H](NC(=O)N[C@@H](CCC(=O)O)C(=O)O)C(=O)O)C(=O)O)CC(C)(C)S. The van der Waals surface area contributed by atoms with Crippen molar-refractivity contribution in [2.24, 2.45) is 0 Å². The predicted octanol–water partition coefficient (Wildman–Crippen LogP) is 4.47. The Hall–Kier alpha value is -6.44. The maximum Gasteiger partial charge on any atom is 0.326 e. The number of thiol groups is 2. The Bertz CT molecular complexity index is 2360. The van der Waals surface area contributed by atoms with Crippen LogP contribution >= 0.6 is 25.3 Å². The lowest BCUT2D eigenvalue weighted by Gasteiger charge is -2.30. The van der Waals surface area contributed by atoms with Crippen LogP contribution in [0.2, 0.25) is 0 Å². The molecule has 0 radical (unpaired) electrons. The van der Waals surface area contributed by atoms with Crippen molar-refractivity contribution in [1.29, 1.82) is 0 Å². The van der Waals surface area contributed by atoms with Crippen LogP contribution in [-0.4, -0.2) is 170 Å². The second-order valence-corrected chi connectivity index (χ2v) is 24.9. The number of carboxylic acid groups (broad SMARTS) is 4. The van der Waals surface area contributed by atoms with Crippen LogP contribution in [0.25, 0.3) is 0 Å². The molecule has 470 valence electrons. The van der Waals surface area contributed by atoms with Crippen molar-refractivity contribution in [2.45, 2.75) is 189 Å². The maximum absolute atomic E-state index is 14.2. The largest absolute Gasteiger partial charge is 0.481 e. The summed E-state index contributed by atoms with van der Waals surface area (Å²) in [4.78, 5) is 127. The Morgan fingerprint density at radius 3 is 1.33 bits per heavy atom.